The van der Waals surface area contributed by atoms with Crippen LogP contribution in [0.2, 0.25) is 0 Å². The molecule has 1 N–H and O–H groups in total. The van der Waals surface area contributed by atoms with Crippen LogP contribution in [0.4, 0.5) is 0 Å². The number of phenolic OH excluding ortho intramolecular Hbond substituents is 1. The van der Waals surface area contributed by atoms with Crippen LogP contribution in [0.15, 0.2) is 21.1 Å². The number of hydrogen-bond acceptors (Lipinski definition) is 1. The van der Waals surface area contributed by atoms with Crippen molar-refractivity contribution in [2.45, 2.75) is 39.0 Å². The molecule has 1 aromatic carbocycles. The van der Waals surface area contributed by atoms with Crippen molar-refractivity contribution in [3.05, 3.63) is 26.6 Å². The summed E-state index contributed by atoms with van der Waals surface area (Å²) in [5.41, 5.74) is 1.29. The fraction of sp³-hybridized carbons (Fsp3) is 0.500. The minimum absolute atomic E-state index is 0.283. The Bertz CT molecular complexity index is 313. The maximum atomic E-state index is 9.62. The van der Waals surface area contributed by atoms with Crippen molar-refractivity contribution in [1.82, 2.24) is 0 Å². The second kappa shape index (κ2) is 5.90. The zero-order valence-corrected chi connectivity index (χ0v) is 12.2. The third-order valence-corrected chi connectivity index (χ3v) is 3.85. The van der Waals surface area contributed by atoms with Crippen molar-refractivity contribution in [1.29, 1.82) is 0 Å². The van der Waals surface area contributed by atoms with Gasteiger partial charge in [0.25, 0.3) is 0 Å². The molecule has 3 heteroatoms. The average molecular weight is 336 g/mol. The Kier molecular flexibility index (Phi) is 5.13. The van der Waals surface area contributed by atoms with E-state index in [0.29, 0.717) is 5.92 Å². The van der Waals surface area contributed by atoms with E-state index in [0.717, 1.165) is 15.4 Å². The van der Waals surface area contributed by atoms with Gasteiger partial charge in [-0.3, -0.25) is 0 Å². The fourth-order valence-corrected chi connectivity index (χ4v) is 3.00. The second-order valence-electron chi connectivity index (χ2n) is 3.73. The topological polar surface area (TPSA) is 20.2 Å². The van der Waals surface area contributed by atoms with Crippen LogP contribution in [-0.4, -0.2) is 5.11 Å². The van der Waals surface area contributed by atoms with Crippen molar-refractivity contribution in [2.24, 2.45) is 0 Å². The van der Waals surface area contributed by atoms with E-state index in [2.05, 4.69) is 45.7 Å². The first kappa shape index (κ1) is 13.0. The molecule has 84 valence electrons. The predicted molar refractivity (Wildman–Crippen MR) is 71.4 cm³/mol. The molecular formula is C12H16Br2O. The second-order valence-corrected chi connectivity index (χ2v) is 5.44. The lowest BCUT2D eigenvalue weighted by atomic mass is 9.92. The Morgan fingerprint density at radius 2 is 1.73 bits per heavy atom. The highest BCUT2D eigenvalue weighted by Gasteiger charge is 2.12. The lowest BCUT2D eigenvalue weighted by molar-refractivity contribution is 0.467. The van der Waals surface area contributed by atoms with E-state index in [-0.39, 0.29) is 5.75 Å². The summed E-state index contributed by atoms with van der Waals surface area (Å²) in [6.45, 7) is 4.40. The van der Waals surface area contributed by atoms with E-state index in [1.165, 1.54) is 18.4 Å². The molecule has 0 saturated heterocycles. The SMILES string of the molecule is CCCC(CC)c1cc(Br)c(O)c(Br)c1. The third kappa shape index (κ3) is 3.22. The van der Waals surface area contributed by atoms with Crippen molar-refractivity contribution >= 4 is 31.9 Å². The molecular weight excluding hydrogens is 320 g/mol. The summed E-state index contributed by atoms with van der Waals surface area (Å²) in [7, 11) is 0. The highest BCUT2D eigenvalue weighted by Crippen LogP contribution is 2.37. The molecule has 0 aliphatic heterocycles. The Hall–Kier alpha value is -0.0200. The van der Waals surface area contributed by atoms with Gasteiger partial charge in [0.2, 0.25) is 0 Å². The van der Waals surface area contributed by atoms with Gasteiger partial charge in [-0.2, -0.15) is 0 Å². The van der Waals surface area contributed by atoms with Crippen molar-refractivity contribution < 1.29 is 5.11 Å². The monoisotopic (exact) mass is 334 g/mol. The molecule has 0 fully saturated rings. The summed E-state index contributed by atoms with van der Waals surface area (Å²) in [5.74, 6) is 0.869. The summed E-state index contributed by atoms with van der Waals surface area (Å²) in [6.07, 6.45) is 3.52. The first-order chi connectivity index (χ1) is 7.10. The van der Waals surface area contributed by atoms with Crippen LogP contribution in [0.3, 0.4) is 0 Å². The molecule has 1 nitrogen and oxygen atoms in total. The largest absolute Gasteiger partial charge is 0.506 e. The van der Waals surface area contributed by atoms with Crippen molar-refractivity contribution in [2.75, 3.05) is 0 Å². The Labute approximate surface area is 108 Å². The predicted octanol–water partition coefficient (Wildman–Crippen LogP) is 5.21. The molecule has 0 aliphatic carbocycles. The van der Waals surface area contributed by atoms with E-state index in [1.807, 2.05) is 12.1 Å². The van der Waals surface area contributed by atoms with Gasteiger partial charge in [-0.25, -0.2) is 0 Å². The van der Waals surface area contributed by atoms with Crippen molar-refractivity contribution in [3.63, 3.8) is 0 Å². The molecule has 0 heterocycles. The minimum atomic E-state index is 0.283. The average Bonchev–Trinajstić information content (AvgIpc) is 2.22. The van der Waals surface area contributed by atoms with Crippen LogP contribution in [-0.2, 0) is 0 Å². The van der Waals surface area contributed by atoms with Gasteiger partial charge < -0.3 is 5.11 Å². The van der Waals surface area contributed by atoms with Gasteiger partial charge in [0.1, 0.15) is 5.75 Å². The quantitative estimate of drug-likeness (QED) is 0.800. The van der Waals surface area contributed by atoms with Crippen LogP contribution in [0.5, 0.6) is 5.75 Å². The lowest BCUT2D eigenvalue weighted by Gasteiger charge is -2.15. The van der Waals surface area contributed by atoms with Crippen LogP contribution < -0.4 is 0 Å². The van der Waals surface area contributed by atoms with Crippen LogP contribution >= 0.6 is 31.9 Å². The number of aromatic hydroxyl groups is 1. The van der Waals surface area contributed by atoms with E-state index < -0.39 is 0 Å². The standard InChI is InChI=1S/C12H16Br2O/c1-3-5-8(4-2)9-6-10(13)12(15)11(14)7-9/h6-8,15H,3-5H2,1-2H3. The fourth-order valence-electron chi connectivity index (χ4n) is 1.78. The van der Waals surface area contributed by atoms with Gasteiger partial charge in [0.15, 0.2) is 0 Å². The molecule has 0 radical (unpaired) electrons. The third-order valence-electron chi connectivity index (χ3n) is 2.64. The van der Waals surface area contributed by atoms with Crippen LogP contribution in [0.1, 0.15) is 44.6 Å². The van der Waals surface area contributed by atoms with E-state index in [9.17, 15) is 5.11 Å². The van der Waals surface area contributed by atoms with Gasteiger partial charge in [-0.15, -0.1) is 0 Å². The molecule has 0 aromatic heterocycles. The maximum Gasteiger partial charge on any atom is 0.143 e. The highest BCUT2D eigenvalue weighted by molar-refractivity contribution is 9.11. The lowest BCUT2D eigenvalue weighted by Crippen LogP contribution is -1.97. The van der Waals surface area contributed by atoms with Gasteiger partial charge in [-0.05, 0) is 68.3 Å². The number of rotatable bonds is 4. The Balaban J connectivity index is 3.03. The van der Waals surface area contributed by atoms with Gasteiger partial charge >= 0.3 is 0 Å². The first-order valence-electron chi connectivity index (χ1n) is 5.28. The van der Waals surface area contributed by atoms with Crippen molar-refractivity contribution in [3.8, 4) is 5.75 Å². The van der Waals surface area contributed by atoms with Gasteiger partial charge in [0.05, 0.1) is 8.95 Å². The zero-order valence-electron chi connectivity index (χ0n) is 9.06. The van der Waals surface area contributed by atoms with Crippen LogP contribution in [0.25, 0.3) is 0 Å². The molecule has 1 atom stereocenters. The number of halogens is 2. The number of phenols is 1. The summed E-state index contributed by atoms with van der Waals surface area (Å²) in [4.78, 5) is 0. The molecule has 0 saturated carbocycles. The molecule has 0 bridgehead atoms. The summed E-state index contributed by atoms with van der Waals surface area (Å²) < 4.78 is 1.53. The maximum absolute atomic E-state index is 9.62. The smallest absolute Gasteiger partial charge is 0.143 e. The van der Waals surface area contributed by atoms with Gasteiger partial charge in [0, 0.05) is 0 Å². The molecule has 1 unspecified atom stereocenters. The van der Waals surface area contributed by atoms with E-state index >= 15 is 0 Å². The highest BCUT2D eigenvalue weighted by atomic mass is 79.9. The first-order valence-corrected chi connectivity index (χ1v) is 6.86. The zero-order chi connectivity index (χ0) is 11.4. The molecule has 0 amide bonds. The minimum Gasteiger partial charge on any atom is -0.506 e. The van der Waals surface area contributed by atoms with E-state index in [1.54, 1.807) is 0 Å². The molecule has 15 heavy (non-hydrogen) atoms. The Morgan fingerprint density at radius 1 is 1.20 bits per heavy atom. The Morgan fingerprint density at radius 3 is 2.13 bits per heavy atom. The summed E-state index contributed by atoms with van der Waals surface area (Å²) in [6, 6.07) is 4.04. The van der Waals surface area contributed by atoms with Gasteiger partial charge in [-0.1, -0.05) is 20.3 Å². The summed E-state index contributed by atoms with van der Waals surface area (Å²) >= 11 is 6.73. The molecule has 0 spiro atoms. The summed E-state index contributed by atoms with van der Waals surface area (Å²) in [5, 5.41) is 9.62. The number of benzene rings is 1. The normalized spacial score (nSPS) is 12.8. The molecule has 1 rings (SSSR count). The molecule has 0 aliphatic rings. The van der Waals surface area contributed by atoms with Crippen LogP contribution in [0, 0.1) is 0 Å². The molecule has 1 aromatic rings. The number of hydrogen-bond donors (Lipinski definition) is 1. The van der Waals surface area contributed by atoms with E-state index in [4.69, 9.17) is 0 Å².